The molecule has 0 bridgehead atoms. The van der Waals surface area contributed by atoms with Crippen molar-refractivity contribution in [1.82, 2.24) is 5.32 Å². The highest BCUT2D eigenvalue weighted by Gasteiger charge is 2.47. The Kier molecular flexibility index (Phi) is 2.31. The number of aliphatic carboxylic acids is 1. The third-order valence-corrected chi connectivity index (χ3v) is 2.86. The molecule has 2 saturated carbocycles. The molecule has 0 saturated heterocycles. The van der Waals surface area contributed by atoms with Crippen molar-refractivity contribution in [3.05, 3.63) is 0 Å². The number of rotatable bonds is 3. The number of carbonyl (C=O) groups excluding carboxylic acids is 1. The maximum atomic E-state index is 11.0. The topological polar surface area (TPSA) is 75.6 Å². The number of carboxylic acids is 1. The molecule has 0 aromatic rings. The van der Waals surface area contributed by atoms with Crippen molar-refractivity contribution in [2.45, 2.75) is 25.4 Å². The fourth-order valence-corrected chi connectivity index (χ4v) is 2.10. The molecule has 2 fully saturated rings. The van der Waals surface area contributed by atoms with Gasteiger partial charge in [0, 0.05) is 0 Å². The molecule has 0 aliphatic heterocycles. The second-order valence-corrected chi connectivity index (χ2v) is 4.00. The number of amides is 1. The molecule has 2 atom stereocenters. The van der Waals surface area contributed by atoms with E-state index in [1.807, 2.05) is 0 Å². The molecule has 0 heterocycles. The molecular weight excluding hydrogens is 186 g/mol. The lowest BCUT2D eigenvalue weighted by Crippen LogP contribution is -2.32. The quantitative estimate of drug-likeness (QED) is 0.697. The van der Waals surface area contributed by atoms with Crippen LogP contribution in [0, 0.1) is 11.8 Å². The highest BCUT2D eigenvalue weighted by atomic mass is 16.6. The van der Waals surface area contributed by atoms with Gasteiger partial charge in [-0.2, -0.15) is 0 Å². The molecule has 2 rings (SSSR count). The third kappa shape index (κ3) is 2.16. The Morgan fingerprint density at radius 2 is 1.93 bits per heavy atom. The molecular formula is C9H13NO4. The van der Waals surface area contributed by atoms with Gasteiger partial charge in [0.15, 0.2) is 0 Å². The molecule has 2 unspecified atom stereocenters. The molecule has 5 nitrogen and oxygen atoms in total. The molecule has 0 aromatic carbocycles. The van der Waals surface area contributed by atoms with Gasteiger partial charge < -0.3 is 15.2 Å². The summed E-state index contributed by atoms with van der Waals surface area (Å²) in [5.41, 5.74) is 0. The van der Waals surface area contributed by atoms with E-state index in [2.05, 4.69) is 5.32 Å². The zero-order chi connectivity index (χ0) is 10.1. The van der Waals surface area contributed by atoms with E-state index in [9.17, 15) is 9.59 Å². The predicted molar refractivity (Wildman–Crippen MR) is 46.7 cm³/mol. The third-order valence-electron chi connectivity index (χ3n) is 2.86. The fraction of sp³-hybridized carbons (Fsp3) is 0.778. The van der Waals surface area contributed by atoms with E-state index in [1.165, 1.54) is 6.42 Å². The van der Waals surface area contributed by atoms with Gasteiger partial charge in [-0.15, -0.1) is 0 Å². The van der Waals surface area contributed by atoms with Crippen molar-refractivity contribution in [2.24, 2.45) is 11.8 Å². The average Bonchev–Trinajstić information content (AvgIpc) is 2.71. The van der Waals surface area contributed by atoms with Gasteiger partial charge in [-0.3, -0.25) is 4.79 Å². The number of alkyl carbamates (subject to hydrolysis) is 1. The Labute approximate surface area is 81.4 Å². The van der Waals surface area contributed by atoms with Crippen molar-refractivity contribution in [3.8, 4) is 0 Å². The summed E-state index contributed by atoms with van der Waals surface area (Å²) in [5, 5.41) is 10.5. The number of hydrogen-bond donors (Lipinski definition) is 2. The van der Waals surface area contributed by atoms with Crippen molar-refractivity contribution in [2.75, 3.05) is 6.54 Å². The summed E-state index contributed by atoms with van der Waals surface area (Å²) in [6, 6.07) is 0. The first-order chi connectivity index (χ1) is 6.65. The van der Waals surface area contributed by atoms with E-state index in [-0.39, 0.29) is 12.6 Å². The molecule has 78 valence electrons. The zero-order valence-corrected chi connectivity index (χ0v) is 7.73. The minimum Gasteiger partial charge on any atom is -0.480 e. The van der Waals surface area contributed by atoms with Gasteiger partial charge in [-0.05, 0) is 31.1 Å². The van der Waals surface area contributed by atoms with Crippen molar-refractivity contribution in [1.29, 1.82) is 0 Å². The highest BCUT2D eigenvalue weighted by molar-refractivity contribution is 5.76. The predicted octanol–water partition coefficient (Wildman–Crippen LogP) is 0.596. The van der Waals surface area contributed by atoms with Crippen LogP contribution in [0.5, 0.6) is 0 Å². The first-order valence-electron chi connectivity index (χ1n) is 4.81. The van der Waals surface area contributed by atoms with Gasteiger partial charge in [0.2, 0.25) is 0 Å². The first-order valence-corrected chi connectivity index (χ1v) is 4.81. The minimum absolute atomic E-state index is 0.00699. The van der Waals surface area contributed by atoms with Crippen molar-refractivity contribution < 1.29 is 19.4 Å². The van der Waals surface area contributed by atoms with Crippen LogP contribution < -0.4 is 5.32 Å². The number of nitrogens with one attached hydrogen (secondary N) is 1. The maximum absolute atomic E-state index is 11.0. The molecule has 2 N–H and O–H groups in total. The van der Waals surface area contributed by atoms with Crippen LogP contribution in [0.4, 0.5) is 4.79 Å². The lowest BCUT2D eigenvalue weighted by molar-refractivity contribution is -0.135. The van der Waals surface area contributed by atoms with E-state index in [1.54, 1.807) is 0 Å². The molecule has 2 aliphatic carbocycles. The van der Waals surface area contributed by atoms with Gasteiger partial charge in [-0.25, -0.2) is 4.79 Å². The van der Waals surface area contributed by atoms with Gasteiger partial charge in [0.25, 0.3) is 0 Å². The van der Waals surface area contributed by atoms with E-state index in [4.69, 9.17) is 9.84 Å². The summed E-state index contributed by atoms with van der Waals surface area (Å²) in [4.78, 5) is 21.2. The standard InChI is InChI=1S/C9H13NO4/c11-8(12)4-10-9(13)14-7-2-5-1-6(5)3-7/h5-7H,1-4H2,(H,10,13)(H,11,12). The van der Waals surface area contributed by atoms with E-state index >= 15 is 0 Å². The van der Waals surface area contributed by atoms with Gasteiger partial charge in [-0.1, -0.05) is 0 Å². The van der Waals surface area contributed by atoms with Crippen LogP contribution in [-0.2, 0) is 9.53 Å². The molecule has 2 aliphatic rings. The molecule has 1 amide bonds. The number of carboxylic acid groups (broad SMARTS) is 1. The van der Waals surface area contributed by atoms with Crippen LogP contribution in [0.2, 0.25) is 0 Å². The second kappa shape index (κ2) is 3.48. The largest absolute Gasteiger partial charge is 0.480 e. The van der Waals surface area contributed by atoms with Crippen LogP contribution in [0.3, 0.4) is 0 Å². The fourth-order valence-electron chi connectivity index (χ4n) is 2.10. The monoisotopic (exact) mass is 199 g/mol. The summed E-state index contributed by atoms with van der Waals surface area (Å²) in [7, 11) is 0. The van der Waals surface area contributed by atoms with Gasteiger partial charge >= 0.3 is 12.1 Å². The van der Waals surface area contributed by atoms with Crippen molar-refractivity contribution in [3.63, 3.8) is 0 Å². The Morgan fingerprint density at radius 3 is 2.50 bits per heavy atom. The minimum atomic E-state index is -1.06. The Balaban J connectivity index is 1.64. The molecule has 0 radical (unpaired) electrons. The average molecular weight is 199 g/mol. The number of ether oxygens (including phenoxy) is 1. The van der Waals surface area contributed by atoms with E-state index < -0.39 is 12.1 Å². The number of fused-ring (bicyclic) bond motifs is 1. The number of carbonyl (C=O) groups is 2. The lowest BCUT2D eigenvalue weighted by Gasteiger charge is -2.13. The molecule has 0 aromatic heterocycles. The van der Waals surface area contributed by atoms with Gasteiger partial charge in [0.1, 0.15) is 12.6 Å². The van der Waals surface area contributed by atoms with Crippen LogP contribution in [0.1, 0.15) is 19.3 Å². The first kappa shape index (κ1) is 9.30. The summed E-state index contributed by atoms with van der Waals surface area (Å²) in [5.74, 6) is 0.454. The van der Waals surface area contributed by atoms with Crippen LogP contribution >= 0.6 is 0 Å². The van der Waals surface area contributed by atoms with Crippen molar-refractivity contribution >= 4 is 12.1 Å². The summed E-state index contributed by atoms with van der Waals surface area (Å²) >= 11 is 0. The summed E-state index contributed by atoms with van der Waals surface area (Å²) < 4.78 is 5.05. The molecule has 5 heteroatoms. The van der Waals surface area contributed by atoms with Crippen LogP contribution in [0.25, 0.3) is 0 Å². The summed E-state index contributed by atoms with van der Waals surface area (Å²) in [6.07, 6.45) is 2.57. The Bertz CT molecular complexity index is 256. The Hall–Kier alpha value is -1.26. The Morgan fingerprint density at radius 1 is 1.29 bits per heavy atom. The molecule has 14 heavy (non-hydrogen) atoms. The van der Waals surface area contributed by atoms with E-state index in [0.717, 1.165) is 24.7 Å². The summed E-state index contributed by atoms with van der Waals surface area (Å²) in [6.45, 7) is -0.377. The SMILES string of the molecule is O=C(O)CNC(=O)OC1CC2CC2C1. The maximum Gasteiger partial charge on any atom is 0.407 e. The lowest BCUT2D eigenvalue weighted by atomic mass is 10.2. The van der Waals surface area contributed by atoms with Gasteiger partial charge in [0.05, 0.1) is 0 Å². The smallest absolute Gasteiger partial charge is 0.407 e. The van der Waals surface area contributed by atoms with Crippen LogP contribution in [0.15, 0.2) is 0 Å². The van der Waals surface area contributed by atoms with E-state index in [0.29, 0.717) is 0 Å². The second-order valence-electron chi connectivity index (χ2n) is 4.00. The van der Waals surface area contributed by atoms with Crippen LogP contribution in [-0.4, -0.2) is 29.8 Å². The normalized spacial score (nSPS) is 33.3. The molecule has 0 spiro atoms. The zero-order valence-electron chi connectivity index (χ0n) is 7.73. The highest BCUT2D eigenvalue weighted by Crippen LogP contribution is 2.52. The number of hydrogen-bond acceptors (Lipinski definition) is 3.